The summed E-state index contributed by atoms with van der Waals surface area (Å²) in [6.07, 6.45) is 3.02. The Morgan fingerprint density at radius 2 is 1.74 bits per heavy atom. The van der Waals surface area contributed by atoms with Crippen molar-refractivity contribution in [3.05, 3.63) is 76.0 Å². The van der Waals surface area contributed by atoms with E-state index in [1.165, 1.54) is 6.08 Å². The Morgan fingerprint density at radius 1 is 0.971 bits per heavy atom. The highest BCUT2D eigenvalue weighted by Gasteiger charge is 2.20. The fourth-order valence-electron chi connectivity index (χ4n) is 3.79. The van der Waals surface area contributed by atoms with Gasteiger partial charge in [-0.15, -0.1) is 0 Å². The zero-order valence-electron chi connectivity index (χ0n) is 19.0. The first-order valence-corrected chi connectivity index (χ1v) is 11.7. The topological polar surface area (TPSA) is 65.8 Å². The Labute approximate surface area is 208 Å². The zero-order valence-corrected chi connectivity index (χ0v) is 20.5. The van der Waals surface area contributed by atoms with Crippen LogP contribution in [0.2, 0.25) is 10.0 Å². The van der Waals surface area contributed by atoms with Gasteiger partial charge in [0.15, 0.2) is 0 Å². The third-order valence-corrected chi connectivity index (χ3v) is 6.47. The number of anilines is 2. The Kier molecular flexibility index (Phi) is 7.29. The summed E-state index contributed by atoms with van der Waals surface area (Å²) >= 11 is 12.7. The van der Waals surface area contributed by atoms with E-state index in [9.17, 15) is 9.59 Å². The first kappa shape index (κ1) is 23.9. The van der Waals surface area contributed by atoms with Gasteiger partial charge < -0.3 is 19.5 Å². The number of carbonyl (C=O) groups excluding carboxylic acids is 2. The lowest BCUT2D eigenvalue weighted by atomic mass is 10.1. The molecule has 0 spiro atoms. The van der Waals surface area contributed by atoms with Gasteiger partial charge in [-0.25, -0.2) is 0 Å². The summed E-state index contributed by atoms with van der Waals surface area (Å²) in [5.41, 5.74) is 3.35. The van der Waals surface area contributed by atoms with Crippen molar-refractivity contribution in [3.8, 4) is 11.3 Å². The molecule has 0 aliphatic carbocycles. The van der Waals surface area contributed by atoms with Crippen LogP contribution in [0.4, 0.5) is 11.4 Å². The summed E-state index contributed by atoms with van der Waals surface area (Å²) in [6, 6.07) is 14.8. The van der Waals surface area contributed by atoms with Gasteiger partial charge in [-0.1, -0.05) is 35.3 Å². The maximum atomic E-state index is 12.4. The molecule has 0 atom stereocenters. The van der Waals surface area contributed by atoms with Crippen LogP contribution in [-0.4, -0.2) is 42.9 Å². The predicted molar refractivity (Wildman–Crippen MR) is 137 cm³/mol. The first-order valence-electron chi connectivity index (χ1n) is 11.0. The molecule has 34 heavy (non-hydrogen) atoms. The van der Waals surface area contributed by atoms with Crippen molar-refractivity contribution in [3.63, 3.8) is 0 Å². The second kappa shape index (κ2) is 10.4. The number of rotatable bonds is 5. The molecule has 1 fully saturated rings. The Morgan fingerprint density at radius 3 is 2.41 bits per heavy atom. The summed E-state index contributed by atoms with van der Waals surface area (Å²) in [6.45, 7) is 6.29. The first-order chi connectivity index (χ1) is 16.3. The van der Waals surface area contributed by atoms with Crippen molar-refractivity contribution in [2.24, 2.45) is 0 Å². The normalized spacial score (nSPS) is 14.0. The van der Waals surface area contributed by atoms with E-state index in [4.69, 9.17) is 27.6 Å². The van der Waals surface area contributed by atoms with Crippen molar-refractivity contribution in [1.29, 1.82) is 0 Å². The van der Waals surface area contributed by atoms with Crippen LogP contribution in [0.15, 0.2) is 59.0 Å². The van der Waals surface area contributed by atoms with E-state index >= 15 is 0 Å². The zero-order chi connectivity index (χ0) is 24.2. The minimum atomic E-state index is -0.296. The lowest BCUT2D eigenvalue weighted by Crippen LogP contribution is -2.48. The second-order valence-electron chi connectivity index (χ2n) is 8.15. The molecule has 8 heteroatoms. The molecule has 0 bridgehead atoms. The number of furan rings is 1. The number of hydrogen-bond donors (Lipinski definition) is 1. The van der Waals surface area contributed by atoms with Crippen LogP contribution >= 0.6 is 23.2 Å². The van der Waals surface area contributed by atoms with Gasteiger partial charge in [0.2, 0.25) is 11.8 Å². The van der Waals surface area contributed by atoms with Crippen LogP contribution in [0.5, 0.6) is 0 Å². The SMILES string of the molecule is CC(=O)N1CCN(c2ccc(NC(=O)/C=C/c3ccc(-c4ccc(C)c(Cl)c4)o3)cc2Cl)CC1. The summed E-state index contributed by atoms with van der Waals surface area (Å²) < 4.78 is 5.81. The van der Waals surface area contributed by atoms with Crippen molar-refractivity contribution >= 4 is 52.5 Å². The third kappa shape index (κ3) is 5.64. The summed E-state index contributed by atoms with van der Waals surface area (Å²) in [5.74, 6) is 1.02. The van der Waals surface area contributed by atoms with Gasteiger partial charge >= 0.3 is 0 Å². The molecule has 3 aromatic rings. The molecule has 0 unspecified atom stereocenters. The van der Waals surface area contributed by atoms with Crippen molar-refractivity contribution in [1.82, 2.24) is 4.90 Å². The minimum Gasteiger partial charge on any atom is -0.457 e. The van der Waals surface area contributed by atoms with E-state index in [-0.39, 0.29) is 11.8 Å². The minimum absolute atomic E-state index is 0.0854. The van der Waals surface area contributed by atoms with Gasteiger partial charge in [0.1, 0.15) is 11.5 Å². The van der Waals surface area contributed by atoms with Crippen LogP contribution in [0.1, 0.15) is 18.2 Å². The van der Waals surface area contributed by atoms with E-state index < -0.39 is 0 Å². The predicted octanol–water partition coefficient (Wildman–Crippen LogP) is 5.88. The molecule has 0 saturated carbocycles. The van der Waals surface area contributed by atoms with Crippen molar-refractivity contribution < 1.29 is 14.0 Å². The number of benzene rings is 2. The Balaban J connectivity index is 1.36. The van der Waals surface area contributed by atoms with Crippen LogP contribution in [-0.2, 0) is 9.59 Å². The molecule has 176 valence electrons. The fourth-order valence-corrected chi connectivity index (χ4v) is 4.27. The Bertz CT molecular complexity index is 1240. The molecule has 2 amide bonds. The second-order valence-corrected chi connectivity index (χ2v) is 8.96. The molecule has 0 radical (unpaired) electrons. The number of hydrogen-bond acceptors (Lipinski definition) is 4. The highest BCUT2D eigenvalue weighted by molar-refractivity contribution is 6.33. The van der Waals surface area contributed by atoms with E-state index in [1.807, 2.05) is 48.2 Å². The van der Waals surface area contributed by atoms with Crippen LogP contribution in [0, 0.1) is 6.92 Å². The lowest BCUT2D eigenvalue weighted by molar-refractivity contribution is -0.129. The molecular formula is C26H25Cl2N3O3. The molecule has 1 N–H and O–H groups in total. The van der Waals surface area contributed by atoms with E-state index in [2.05, 4.69) is 10.2 Å². The molecule has 1 saturated heterocycles. The molecule has 1 aliphatic rings. The number of piperazine rings is 1. The summed E-state index contributed by atoms with van der Waals surface area (Å²) in [4.78, 5) is 27.9. The standard InChI is InChI=1S/C26H25Cl2N3O3/c1-17-3-4-19(15-22(17)27)25-9-6-21(34-25)7-10-26(33)29-20-5-8-24(23(28)16-20)31-13-11-30(12-14-31)18(2)32/h3-10,15-16H,11-14H2,1-2H3,(H,29,33)/b10-7+. The molecule has 6 nitrogen and oxygen atoms in total. The van der Waals surface area contributed by atoms with Gasteiger partial charge in [-0.3, -0.25) is 9.59 Å². The molecule has 2 heterocycles. The number of aryl methyl sites for hydroxylation is 1. The number of carbonyl (C=O) groups is 2. The largest absolute Gasteiger partial charge is 0.457 e. The maximum absolute atomic E-state index is 12.4. The molecule has 1 aromatic heterocycles. The maximum Gasteiger partial charge on any atom is 0.248 e. The highest BCUT2D eigenvalue weighted by atomic mass is 35.5. The average molecular weight is 498 g/mol. The number of halogens is 2. The van der Waals surface area contributed by atoms with Gasteiger partial charge in [0.05, 0.1) is 10.7 Å². The van der Waals surface area contributed by atoms with E-state index in [1.54, 1.807) is 25.1 Å². The fraction of sp³-hybridized carbons (Fsp3) is 0.231. The number of amides is 2. The summed E-state index contributed by atoms with van der Waals surface area (Å²) in [7, 11) is 0. The van der Waals surface area contributed by atoms with Crippen LogP contribution in [0.25, 0.3) is 17.4 Å². The van der Waals surface area contributed by atoms with Crippen molar-refractivity contribution in [2.45, 2.75) is 13.8 Å². The van der Waals surface area contributed by atoms with Crippen LogP contribution < -0.4 is 10.2 Å². The van der Waals surface area contributed by atoms with Crippen LogP contribution in [0.3, 0.4) is 0 Å². The number of nitrogens with zero attached hydrogens (tertiary/aromatic N) is 2. The summed E-state index contributed by atoms with van der Waals surface area (Å²) in [5, 5.41) is 4.04. The molecular weight excluding hydrogens is 473 g/mol. The van der Waals surface area contributed by atoms with E-state index in [0.29, 0.717) is 53.4 Å². The quantitative estimate of drug-likeness (QED) is 0.446. The average Bonchev–Trinajstić information content (AvgIpc) is 3.29. The van der Waals surface area contributed by atoms with E-state index in [0.717, 1.165) is 16.8 Å². The number of nitrogens with one attached hydrogen (secondary N) is 1. The molecule has 4 rings (SSSR count). The van der Waals surface area contributed by atoms with Crippen molar-refractivity contribution in [2.75, 3.05) is 36.4 Å². The Hall–Kier alpha value is -3.22. The van der Waals surface area contributed by atoms with Gasteiger partial charge in [-0.05, 0) is 55.0 Å². The third-order valence-electron chi connectivity index (χ3n) is 5.76. The smallest absolute Gasteiger partial charge is 0.248 e. The van der Waals surface area contributed by atoms with Gasteiger partial charge in [0.25, 0.3) is 0 Å². The van der Waals surface area contributed by atoms with Gasteiger partial charge in [-0.2, -0.15) is 0 Å². The highest BCUT2D eigenvalue weighted by Crippen LogP contribution is 2.30. The molecule has 2 aromatic carbocycles. The monoisotopic (exact) mass is 497 g/mol. The van der Waals surface area contributed by atoms with Gasteiger partial charge in [0, 0.05) is 55.5 Å². The lowest BCUT2D eigenvalue weighted by Gasteiger charge is -2.36. The molecule has 1 aliphatic heterocycles.